The SMILES string of the molecule is CCOP(=O)(OCC)C(/N=C/c1cccnc1)P(=O)(OCC)OCC. The number of nitrogens with zero attached hydrogens (tertiary/aromatic N) is 2. The standard InChI is InChI=1S/C15H26N2O6P2/c1-5-20-24(18,21-6-2)15(25(19,22-7-3)23-8-4)17-13-14-10-9-11-16-12-14/h9-13,15H,5-8H2,1-4H3/b17-13+. The van der Waals surface area contributed by atoms with E-state index in [1.807, 2.05) is 0 Å². The lowest BCUT2D eigenvalue weighted by Gasteiger charge is -2.28. The van der Waals surface area contributed by atoms with Crippen molar-refractivity contribution < 1.29 is 27.2 Å². The van der Waals surface area contributed by atoms with E-state index < -0.39 is 20.7 Å². The molecule has 1 aromatic heterocycles. The Balaban J connectivity index is 3.35. The van der Waals surface area contributed by atoms with E-state index in [4.69, 9.17) is 18.1 Å². The molecule has 0 atom stereocenters. The minimum atomic E-state index is -3.88. The highest BCUT2D eigenvalue weighted by Crippen LogP contribution is 2.70. The molecule has 0 saturated heterocycles. The maximum Gasteiger partial charge on any atom is 0.367 e. The van der Waals surface area contributed by atoms with Gasteiger partial charge in [0.05, 0.1) is 26.4 Å². The fourth-order valence-electron chi connectivity index (χ4n) is 2.00. The number of aromatic nitrogens is 1. The molecular formula is C15H26N2O6P2. The molecule has 1 heterocycles. The normalized spacial score (nSPS) is 13.0. The van der Waals surface area contributed by atoms with E-state index in [0.717, 1.165) is 0 Å². The van der Waals surface area contributed by atoms with Crippen molar-refractivity contribution >= 4 is 21.4 Å². The number of pyridine rings is 1. The van der Waals surface area contributed by atoms with E-state index in [2.05, 4.69) is 9.98 Å². The van der Waals surface area contributed by atoms with Crippen LogP contribution in [-0.4, -0.2) is 43.2 Å². The van der Waals surface area contributed by atoms with Crippen LogP contribution in [0.3, 0.4) is 0 Å². The maximum absolute atomic E-state index is 13.2. The van der Waals surface area contributed by atoms with E-state index in [9.17, 15) is 9.13 Å². The molecule has 0 fully saturated rings. The largest absolute Gasteiger partial charge is 0.367 e. The Morgan fingerprint density at radius 3 is 1.84 bits per heavy atom. The van der Waals surface area contributed by atoms with Crippen molar-refractivity contribution in [3.63, 3.8) is 0 Å². The molecule has 1 aromatic rings. The first-order valence-corrected chi connectivity index (χ1v) is 11.4. The molecule has 8 nitrogen and oxygen atoms in total. The molecule has 0 spiro atoms. The molecule has 142 valence electrons. The van der Waals surface area contributed by atoms with Crippen molar-refractivity contribution in [2.45, 2.75) is 33.2 Å². The highest BCUT2D eigenvalue weighted by Gasteiger charge is 2.50. The molecule has 0 aliphatic carbocycles. The molecule has 0 saturated carbocycles. The van der Waals surface area contributed by atoms with Crippen molar-refractivity contribution in [3.8, 4) is 0 Å². The van der Waals surface area contributed by atoms with Crippen LogP contribution in [-0.2, 0) is 27.2 Å². The first kappa shape index (κ1) is 22.2. The summed E-state index contributed by atoms with van der Waals surface area (Å²) in [6, 6.07) is 3.48. The Labute approximate surface area is 149 Å². The molecule has 0 N–H and O–H groups in total. The topological polar surface area (TPSA) is 96.3 Å². The van der Waals surface area contributed by atoms with E-state index in [0.29, 0.717) is 5.56 Å². The average molecular weight is 392 g/mol. The van der Waals surface area contributed by atoms with Gasteiger partial charge in [-0.05, 0) is 33.8 Å². The maximum atomic E-state index is 13.2. The van der Waals surface area contributed by atoms with Gasteiger partial charge < -0.3 is 18.1 Å². The fourth-order valence-corrected chi connectivity index (χ4v) is 6.77. The molecule has 1 rings (SSSR count). The van der Waals surface area contributed by atoms with Crippen LogP contribution in [0.4, 0.5) is 0 Å². The summed E-state index contributed by atoms with van der Waals surface area (Å²) in [4.78, 5) is 8.20. The molecule has 0 aliphatic heterocycles. The van der Waals surface area contributed by atoms with E-state index in [1.165, 1.54) is 6.21 Å². The second-order valence-electron chi connectivity index (χ2n) is 4.66. The van der Waals surface area contributed by atoms with Gasteiger partial charge in [0.1, 0.15) is 0 Å². The first-order chi connectivity index (χ1) is 12.0. The smallest absolute Gasteiger partial charge is 0.307 e. The lowest BCUT2D eigenvalue weighted by atomic mass is 10.3. The highest BCUT2D eigenvalue weighted by atomic mass is 31.2. The number of hydrogen-bond donors (Lipinski definition) is 0. The zero-order valence-electron chi connectivity index (χ0n) is 15.0. The van der Waals surface area contributed by atoms with Gasteiger partial charge in [-0.25, -0.2) is 0 Å². The van der Waals surface area contributed by atoms with E-state index >= 15 is 0 Å². The van der Waals surface area contributed by atoms with Crippen LogP contribution in [0, 0.1) is 0 Å². The predicted octanol–water partition coefficient (Wildman–Crippen LogP) is 4.32. The van der Waals surface area contributed by atoms with Crippen molar-refractivity contribution in [2.75, 3.05) is 26.4 Å². The third-order valence-corrected chi connectivity index (χ3v) is 8.41. The Bertz CT molecular complexity index is 576. The van der Waals surface area contributed by atoms with Crippen LogP contribution in [0.2, 0.25) is 0 Å². The Morgan fingerprint density at radius 1 is 1.00 bits per heavy atom. The minimum Gasteiger partial charge on any atom is -0.307 e. The van der Waals surface area contributed by atoms with Crippen LogP contribution in [0.25, 0.3) is 0 Å². The fraction of sp³-hybridized carbons (Fsp3) is 0.600. The lowest BCUT2D eigenvalue weighted by molar-refractivity contribution is 0.196. The lowest BCUT2D eigenvalue weighted by Crippen LogP contribution is -2.16. The third-order valence-electron chi connectivity index (χ3n) is 2.84. The Morgan fingerprint density at radius 2 is 1.48 bits per heavy atom. The summed E-state index contributed by atoms with van der Waals surface area (Å²) in [5.41, 5.74) is -0.772. The van der Waals surface area contributed by atoms with Gasteiger partial charge in [-0.15, -0.1) is 0 Å². The summed E-state index contributed by atoms with van der Waals surface area (Å²) < 4.78 is 47.8. The zero-order chi connectivity index (χ0) is 18.8. The first-order valence-electron chi connectivity index (χ1n) is 8.16. The van der Waals surface area contributed by atoms with Crippen molar-refractivity contribution in [3.05, 3.63) is 30.1 Å². The number of aliphatic imine (C=N–C) groups is 1. The third kappa shape index (κ3) is 6.41. The molecule has 0 unspecified atom stereocenters. The van der Waals surface area contributed by atoms with Crippen LogP contribution in [0.1, 0.15) is 33.3 Å². The predicted molar refractivity (Wildman–Crippen MR) is 97.3 cm³/mol. The van der Waals surface area contributed by atoms with Crippen molar-refractivity contribution in [1.29, 1.82) is 0 Å². The highest BCUT2D eigenvalue weighted by molar-refractivity contribution is 7.72. The summed E-state index contributed by atoms with van der Waals surface area (Å²) in [6.07, 6.45) is 4.59. The summed E-state index contributed by atoms with van der Waals surface area (Å²) in [5, 5.41) is 0. The van der Waals surface area contributed by atoms with Gasteiger partial charge >= 0.3 is 15.2 Å². The van der Waals surface area contributed by atoms with Gasteiger partial charge in [0.25, 0.3) is 5.52 Å². The molecule has 0 aromatic carbocycles. The Kier molecular flexibility index (Phi) is 9.72. The summed E-state index contributed by atoms with van der Waals surface area (Å²) in [5.74, 6) is 0. The average Bonchev–Trinajstić information content (AvgIpc) is 2.56. The minimum absolute atomic E-state index is 0.106. The number of rotatable bonds is 12. The van der Waals surface area contributed by atoms with E-state index in [1.54, 1.807) is 52.2 Å². The van der Waals surface area contributed by atoms with Crippen molar-refractivity contribution in [2.24, 2.45) is 4.99 Å². The summed E-state index contributed by atoms with van der Waals surface area (Å²) in [7, 11) is -7.76. The molecular weight excluding hydrogens is 366 g/mol. The molecule has 0 aliphatic rings. The van der Waals surface area contributed by atoms with Crippen LogP contribution < -0.4 is 0 Å². The Hall–Kier alpha value is -0.880. The van der Waals surface area contributed by atoms with E-state index in [-0.39, 0.29) is 26.4 Å². The molecule has 0 bridgehead atoms. The van der Waals surface area contributed by atoms with Crippen molar-refractivity contribution in [1.82, 2.24) is 4.98 Å². The van der Waals surface area contributed by atoms with Gasteiger partial charge in [-0.2, -0.15) is 0 Å². The molecule has 0 radical (unpaired) electrons. The monoisotopic (exact) mass is 392 g/mol. The second kappa shape index (κ2) is 11.0. The second-order valence-corrected chi connectivity index (χ2v) is 9.24. The van der Waals surface area contributed by atoms with Crippen LogP contribution >= 0.6 is 15.2 Å². The summed E-state index contributed by atoms with van der Waals surface area (Å²) in [6.45, 7) is 7.09. The zero-order valence-corrected chi connectivity index (χ0v) is 16.8. The van der Waals surface area contributed by atoms with Gasteiger partial charge in [-0.3, -0.25) is 19.1 Å². The molecule has 10 heteroatoms. The molecule has 0 amide bonds. The van der Waals surface area contributed by atoms with Gasteiger partial charge in [0, 0.05) is 24.2 Å². The van der Waals surface area contributed by atoms with Gasteiger partial charge in [0.2, 0.25) is 0 Å². The van der Waals surface area contributed by atoms with Crippen LogP contribution in [0.15, 0.2) is 29.5 Å². The molecule has 25 heavy (non-hydrogen) atoms. The van der Waals surface area contributed by atoms with Gasteiger partial charge in [0.15, 0.2) is 0 Å². The van der Waals surface area contributed by atoms with Gasteiger partial charge in [-0.1, -0.05) is 6.07 Å². The number of hydrogen-bond acceptors (Lipinski definition) is 8. The summed E-state index contributed by atoms with van der Waals surface area (Å²) >= 11 is 0. The van der Waals surface area contributed by atoms with Crippen LogP contribution in [0.5, 0.6) is 0 Å². The quantitative estimate of drug-likeness (QED) is 0.386.